The van der Waals surface area contributed by atoms with Gasteiger partial charge in [0.15, 0.2) is 6.29 Å². The third kappa shape index (κ3) is 19.7. The van der Waals surface area contributed by atoms with Gasteiger partial charge in [-0.2, -0.15) is 0 Å². The monoisotopic (exact) mass is 366 g/mol. The topological polar surface area (TPSA) is 18.5 Å². The number of rotatable bonds is 21. The van der Waals surface area contributed by atoms with Crippen LogP contribution in [0.2, 0.25) is 0 Å². The number of allylic oxidation sites excluding steroid dienone is 2. The highest BCUT2D eigenvalue weighted by Gasteiger charge is 2.07. The SMILES string of the molecule is C=C/C=C/CC(OCCCCCCCCC)OCCCCCCCCC. The van der Waals surface area contributed by atoms with Crippen LogP contribution in [-0.2, 0) is 9.47 Å². The van der Waals surface area contributed by atoms with Crippen LogP contribution >= 0.6 is 0 Å². The van der Waals surface area contributed by atoms with Gasteiger partial charge in [-0.15, -0.1) is 0 Å². The molecule has 0 aliphatic carbocycles. The highest BCUT2D eigenvalue weighted by Crippen LogP contribution is 2.11. The zero-order chi connectivity index (χ0) is 19.1. The third-order valence-corrected chi connectivity index (χ3v) is 4.70. The standard InChI is InChI=1S/C24H46O2/c1-4-7-10-12-14-16-19-22-25-24(21-18-9-6-3)26-23-20-17-15-13-11-8-5-2/h6,9,18,24H,3-5,7-8,10-17,19-23H2,1-2H3/b18-9+. The molecule has 2 heteroatoms. The molecule has 0 rings (SSSR count). The molecular formula is C24H46O2. The van der Waals surface area contributed by atoms with Gasteiger partial charge in [-0.05, 0) is 12.8 Å². The molecule has 0 unspecified atom stereocenters. The van der Waals surface area contributed by atoms with Gasteiger partial charge in [-0.25, -0.2) is 0 Å². The second-order valence-electron chi connectivity index (χ2n) is 7.31. The Bertz CT molecular complexity index is 279. The molecule has 0 aromatic carbocycles. The van der Waals surface area contributed by atoms with Gasteiger partial charge in [0, 0.05) is 19.6 Å². The van der Waals surface area contributed by atoms with Gasteiger partial charge < -0.3 is 9.47 Å². The molecule has 0 atom stereocenters. The molecule has 0 spiro atoms. The minimum Gasteiger partial charge on any atom is -0.352 e. The van der Waals surface area contributed by atoms with Gasteiger partial charge in [-0.3, -0.25) is 0 Å². The van der Waals surface area contributed by atoms with E-state index in [1.54, 1.807) is 0 Å². The quantitative estimate of drug-likeness (QED) is 0.116. The van der Waals surface area contributed by atoms with Crippen molar-refractivity contribution in [3.63, 3.8) is 0 Å². The molecule has 0 aromatic rings. The fraction of sp³-hybridized carbons (Fsp3) is 0.833. The van der Waals surface area contributed by atoms with Crippen molar-refractivity contribution in [2.75, 3.05) is 13.2 Å². The lowest BCUT2D eigenvalue weighted by molar-refractivity contribution is -0.141. The number of unbranched alkanes of at least 4 members (excludes halogenated alkanes) is 12. The summed E-state index contributed by atoms with van der Waals surface area (Å²) >= 11 is 0. The molecule has 0 radical (unpaired) electrons. The van der Waals surface area contributed by atoms with Crippen molar-refractivity contribution in [2.45, 2.75) is 116 Å². The normalized spacial score (nSPS) is 11.7. The predicted octanol–water partition coefficient (Wildman–Crippen LogP) is 7.98. The minimum atomic E-state index is -0.0913. The summed E-state index contributed by atoms with van der Waals surface area (Å²) in [6.07, 6.45) is 25.0. The molecule has 0 aromatic heterocycles. The summed E-state index contributed by atoms with van der Waals surface area (Å²) in [6.45, 7) is 9.89. The maximum absolute atomic E-state index is 5.97. The molecular weight excluding hydrogens is 320 g/mol. The predicted molar refractivity (Wildman–Crippen MR) is 116 cm³/mol. The van der Waals surface area contributed by atoms with E-state index in [4.69, 9.17) is 9.47 Å². The van der Waals surface area contributed by atoms with Gasteiger partial charge >= 0.3 is 0 Å². The maximum atomic E-state index is 5.97. The van der Waals surface area contributed by atoms with Crippen molar-refractivity contribution in [1.29, 1.82) is 0 Å². The molecule has 0 aliphatic rings. The van der Waals surface area contributed by atoms with E-state index in [0.29, 0.717) is 0 Å². The number of hydrogen-bond acceptors (Lipinski definition) is 2. The minimum absolute atomic E-state index is 0.0913. The van der Waals surface area contributed by atoms with Crippen molar-refractivity contribution in [2.24, 2.45) is 0 Å². The molecule has 0 heterocycles. The van der Waals surface area contributed by atoms with Crippen LogP contribution in [0.4, 0.5) is 0 Å². The Balaban J connectivity index is 3.70. The fourth-order valence-electron chi connectivity index (χ4n) is 3.02. The Morgan fingerprint density at radius 1 is 0.654 bits per heavy atom. The summed E-state index contributed by atoms with van der Waals surface area (Å²) in [5.41, 5.74) is 0. The Kier molecular flexibility index (Phi) is 21.9. The molecule has 0 N–H and O–H groups in total. The van der Waals surface area contributed by atoms with Crippen molar-refractivity contribution in [3.05, 3.63) is 24.8 Å². The maximum Gasteiger partial charge on any atom is 0.160 e. The largest absolute Gasteiger partial charge is 0.352 e. The Morgan fingerprint density at radius 3 is 1.50 bits per heavy atom. The van der Waals surface area contributed by atoms with E-state index in [1.165, 1.54) is 77.0 Å². The third-order valence-electron chi connectivity index (χ3n) is 4.70. The molecule has 0 bridgehead atoms. The lowest BCUT2D eigenvalue weighted by atomic mass is 10.1. The summed E-state index contributed by atoms with van der Waals surface area (Å²) in [5.74, 6) is 0. The first-order valence-electron chi connectivity index (χ1n) is 11.4. The zero-order valence-corrected chi connectivity index (χ0v) is 17.9. The Hall–Kier alpha value is -0.600. The summed E-state index contributed by atoms with van der Waals surface area (Å²) in [7, 11) is 0. The lowest BCUT2D eigenvalue weighted by Crippen LogP contribution is -2.18. The Labute approximate surface area is 164 Å². The van der Waals surface area contributed by atoms with Gasteiger partial charge in [0.2, 0.25) is 0 Å². The molecule has 0 saturated heterocycles. The van der Waals surface area contributed by atoms with Crippen molar-refractivity contribution >= 4 is 0 Å². The number of hydrogen-bond donors (Lipinski definition) is 0. The van der Waals surface area contributed by atoms with Crippen LogP contribution in [0.1, 0.15) is 110 Å². The molecule has 0 amide bonds. The summed E-state index contributed by atoms with van der Waals surface area (Å²) in [5, 5.41) is 0. The van der Waals surface area contributed by atoms with Crippen LogP contribution < -0.4 is 0 Å². The van der Waals surface area contributed by atoms with E-state index in [1.807, 2.05) is 12.2 Å². The average molecular weight is 367 g/mol. The average Bonchev–Trinajstić information content (AvgIpc) is 2.65. The molecule has 0 fully saturated rings. The van der Waals surface area contributed by atoms with Crippen LogP contribution in [0.15, 0.2) is 24.8 Å². The second kappa shape index (κ2) is 22.4. The van der Waals surface area contributed by atoms with E-state index in [-0.39, 0.29) is 6.29 Å². The molecule has 26 heavy (non-hydrogen) atoms. The van der Waals surface area contributed by atoms with E-state index >= 15 is 0 Å². The summed E-state index contributed by atoms with van der Waals surface area (Å²) < 4.78 is 11.9. The van der Waals surface area contributed by atoms with E-state index in [0.717, 1.165) is 32.5 Å². The van der Waals surface area contributed by atoms with Crippen LogP contribution in [-0.4, -0.2) is 19.5 Å². The van der Waals surface area contributed by atoms with Gasteiger partial charge in [0.05, 0.1) is 0 Å². The van der Waals surface area contributed by atoms with Crippen LogP contribution in [0, 0.1) is 0 Å². The molecule has 154 valence electrons. The highest BCUT2D eigenvalue weighted by molar-refractivity contribution is 4.97. The summed E-state index contributed by atoms with van der Waals surface area (Å²) in [4.78, 5) is 0. The van der Waals surface area contributed by atoms with E-state index in [2.05, 4.69) is 26.5 Å². The molecule has 2 nitrogen and oxygen atoms in total. The van der Waals surface area contributed by atoms with Crippen LogP contribution in [0.25, 0.3) is 0 Å². The van der Waals surface area contributed by atoms with Gasteiger partial charge in [0.25, 0.3) is 0 Å². The lowest BCUT2D eigenvalue weighted by Gasteiger charge is -2.17. The van der Waals surface area contributed by atoms with Crippen molar-refractivity contribution in [3.8, 4) is 0 Å². The summed E-state index contributed by atoms with van der Waals surface area (Å²) in [6, 6.07) is 0. The fourth-order valence-corrected chi connectivity index (χ4v) is 3.02. The molecule has 0 saturated carbocycles. The van der Waals surface area contributed by atoms with Crippen LogP contribution in [0.3, 0.4) is 0 Å². The number of ether oxygens (including phenoxy) is 2. The second-order valence-corrected chi connectivity index (χ2v) is 7.31. The first kappa shape index (κ1) is 25.4. The zero-order valence-electron chi connectivity index (χ0n) is 17.9. The van der Waals surface area contributed by atoms with Gasteiger partial charge in [0.1, 0.15) is 0 Å². The van der Waals surface area contributed by atoms with Gasteiger partial charge in [-0.1, -0.05) is 116 Å². The molecule has 0 aliphatic heterocycles. The Morgan fingerprint density at radius 2 is 1.08 bits per heavy atom. The first-order valence-corrected chi connectivity index (χ1v) is 11.4. The van der Waals surface area contributed by atoms with Crippen LogP contribution in [0.5, 0.6) is 0 Å². The van der Waals surface area contributed by atoms with Crippen molar-refractivity contribution in [1.82, 2.24) is 0 Å². The highest BCUT2D eigenvalue weighted by atomic mass is 16.7. The first-order chi connectivity index (χ1) is 12.8. The van der Waals surface area contributed by atoms with E-state index in [9.17, 15) is 0 Å². The van der Waals surface area contributed by atoms with E-state index < -0.39 is 0 Å². The van der Waals surface area contributed by atoms with Crippen molar-refractivity contribution < 1.29 is 9.47 Å². The smallest absolute Gasteiger partial charge is 0.160 e.